The summed E-state index contributed by atoms with van der Waals surface area (Å²) in [5.74, 6) is -0.431. The van der Waals surface area contributed by atoms with E-state index in [4.69, 9.17) is 5.73 Å². The van der Waals surface area contributed by atoms with Gasteiger partial charge in [0.1, 0.15) is 12.1 Å². The number of benzene rings is 2. The average Bonchev–Trinajstić information content (AvgIpc) is 2.79. The third-order valence-corrected chi connectivity index (χ3v) is 5.42. The Morgan fingerprint density at radius 2 is 1.44 bits per heavy atom. The normalized spacial score (nSPS) is 12.6. The van der Waals surface area contributed by atoms with Gasteiger partial charge in [0.2, 0.25) is 17.7 Å². The van der Waals surface area contributed by atoms with Crippen LogP contribution in [0.3, 0.4) is 0 Å². The number of rotatable bonds is 13. The Morgan fingerprint density at radius 3 is 2.03 bits per heavy atom. The molecule has 0 saturated carbocycles. The molecule has 7 heteroatoms. The molecule has 2 aromatic carbocycles. The second-order valence-electron chi connectivity index (χ2n) is 9.07. The maximum Gasteiger partial charge on any atom is 0.246 e. The lowest BCUT2D eigenvalue weighted by molar-refractivity contribution is -0.130. The van der Waals surface area contributed by atoms with Gasteiger partial charge in [0.25, 0.3) is 0 Å². The minimum absolute atomic E-state index is 0.289. The van der Waals surface area contributed by atoms with Gasteiger partial charge in [0, 0.05) is 19.0 Å². The van der Waals surface area contributed by atoms with Crippen molar-refractivity contribution in [3.63, 3.8) is 0 Å². The molecule has 0 spiro atoms. The summed E-state index contributed by atoms with van der Waals surface area (Å²) in [4.78, 5) is 37.9. The quantitative estimate of drug-likeness (QED) is 0.340. The molecule has 0 aromatic heterocycles. The van der Waals surface area contributed by atoms with Gasteiger partial charge in [-0.05, 0) is 61.4 Å². The number of carbonyl (C=O) groups excluding carboxylic acids is 3. The fraction of sp³-hybridized carbons (Fsp3) is 0.444. The van der Waals surface area contributed by atoms with Gasteiger partial charge in [-0.1, -0.05) is 56.3 Å². The van der Waals surface area contributed by atoms with Crippen molar-refractivity contribution in [1.82, 2.24) is 10.6 Å². The highest BCUT2D eigenvalue weighted by atomic mass is 16.2. The molecule has 2 atom stereocenters. The lowest BCUT2D eigenvalue weighted by Gasteiger charge is -2.23. The van der Waals surface area contributed by atoms with Gasteiger partial charge in [-0.2, -0.15) is 0 Å². The predicted molar refractivity (Wildman–Crippen MR) is 136 cm³/mol. The van der Waals surface area contributed by atoms with E-state index < -0.39 is 12.1 Å². The van der Waals surface area contributed by atoms with Crippen molar-refractivity contribution in [3.8, 4) is 0 Å². The number of unbranched alkanes of at least 4 members (excludes halogenated alkanes) is 1. The van der Waals surface area contributed by atoms with Crippen LogP contribution in [0.5, 0.6) is 0 Å². The molecule has 0 saturated heterocycles. The average molecular weight is 467 g/mol. The Balaban J connectivity index is 2.10. The van der Waals surface area contributed by atoms with Crippen LogP contribution < -0.4 is 21.7 Å². The molecule has 2 unspecified atom stereocenters. The summed E-state index contributed by atoms with van der Waals surface area (Å²) >= 11 is 0. The standard InChI is InChI=1S/C27H38N4O3/c1-19(2)17-22-12-14-23(15-13-22)30-26(33)24(11-7-8-16-28)31-27(34)25(29-20(3)32)18-21-9-5-4-6-10-21/h4-6,9-10,12-15,19,24-25H,7-8,11,16-18,28H2,1-3H3,(H,29,32)(H,30,33)(H,31,34). The van der Waals surface area contributed by atoms with Gasteiger partial charge >= 0.3 is 0 Å². The predicted octanol–water partition coefficient (Wildman–Crippen LogP) is 3.18. The van der Waals surface area contributed by atoms with Crippen LogP contribution in [-0.4, -0.2) is 36.3 Å². The van der Waals surface area contributed by atoms with E-state index in [1.54, 1.807) is 0 Å². The highest BCUT2D eigenvalue weighted by molar-refractivity contribution is 5.98. The molecule has 34 heavy (non-hydrogen) atoms. The first-order valence-electron chi connectivity index (χ1n) is 12.0. The molecule has 0 radical (unpaired) electrons. The van der Waals surface area contributed by atoms with Crippen LogP contribution in [0, 0.1) is 5.92 Å². The van der Waals surface area contributed by atoms with Crippen molar-refractivity contribution in [1.29, 1.82) is 0 Å². The van der Waals surface area contributed by atoms with E-state index >= 15 is 0 Å². The molecule has 7 nitrogen and oxygen atoms in total. The highest BCUT2D eigenvalue weighted by Crippen LogP contribution is 2.14. The summed E-state index contributed by atoms with van der Waals surface area (Å²) in [7, 11) is 0. The third-order valence-electron chi connectivity index (χ3n) is 5.42. The Bertz CT molecular complexity index is 913. The summed E-state index contributed by atoms with van der Waals surface area (Å²) in [5, 5.41) is 8.47. The Labute approximate surface area is 202 Å². The zero-order valence-corrected chi connectivity index (χ0v) is 20.5. The van der Waals surface area contributed by atoms with Crippen LogP contribution in [0.4, 0.5) is 5.69 Å². The minimum Gasteiger partial charge on any atom is -0.344 e. The summed E-state index contributed by atoms with van der Waals surface area (Å²) in [6, 6.07) is 15.7. The lowest BCUT2D eigenvalue weighted by Crippen LogP contribution is -2.53. The van der Waals surface area contributed by atoms with E-state index in [1.807, 2.05) is 54.6 Å². The van der Waals surface area contributed by atoms with Crippen molar-refractivity contribution in [2.75, 3.05) is 11.9 Å². The van der Waals surface area contributed by atoms with Crippen molar-refractivity contribution >= 4 is 23.4 Å². The number of anilines is 1. The molecule has 2 rings (SSSR count). The molecule has 0 aliphatic carbocycles. The summed E-state index contributed by atoms with van der Waals surface area (Å²) < 4.78 is 0. The lowest BCUT2D eigenvalue weighted by atomic mass is 10.0. The van der Waals surface area contributed by atoms with Gasteiger partial charge < -0.3 is 21.7 Å². The van der Waals surface area contributed by atoms with Crippen LogP contribution in [0.2, 0.25) is 0 Å². The Hall–Kier alpha value is -3.19. The summed E-state index contributed by atoms with van der Waals surface area (Å²) in [6.45, 7) is 6.22. The van der Waals surface area contributed by atoms with E-state index in [9.17, 15) is 14.4 Å². The first-order chi connectivity index (χ1) is 16.3. The van der Waals surface area contributed by atoms with Crippen molar-refractivity contribution < 1.29 is 14.4 Å². The fourth-order valence-corrected chi connectivity index (χ4v) is 3.76. The van der Waals surface area contributed by atoms with Crippen molar-refractivity contribution in [3.05, 3.63) is 65.7 Å². The number of hydrogen-bond acceptors (Lipinski definition) is 4. The van der Waals surface area contributed by atoms with Crippen LogP contribution in [0.25, 0.3) is 0 Å². The summed E-state index contributed by atoms with van der Waals surface area (Å²) in [5.41, 5.74) is 8.42. The van der Waals surface area contributed by atoms with Crippen LogP contribution in [0.15, 0.2) is 54.6 Å². The van der Waals surface area contributed by atoms with E-state index in [-0.39, 0.29) is 17.7 Å². The maximum absolute atomic E-state index is 13.1. The van der Waals surface area contributed by atoms with Gasteiger partial charge in [0.15, 0.2) is 0 Å². The first kappa shape index (κ1) is 27.1. The second-order valence-corrected chi connectivity index (χ2v) is 9.07. The van der Waals surface area contributed by atoms with Crippen molar-refractivity contribution in [2.24, 2.45) is 11.7 Å². The number of carbonyl (C=O) groups is 3. The molecule has 0 fully saturated rings. The van der Waals surface area contributed by atoms with E-state index in [2.05, 4.69) is 29.8 Å². The van der Waals surface area contributed by atoms with E-state index in [0.717, 1.165) is 18.4 Å². The van der Waals surface area contributed by atoms with E-state index in [1.165, 1.54) is 12.5 Å². The van der Waals surface area contributed by atoms with Crippen molar-refractivity contribution in [2.45, 2.75) is 65.0 Å². The monoisotopic (exact) mass is 466 g/mol. The molecule has 2 aromatic rings. The second kappa shape index (κ2) is 14.2. The molecular weight excluding hydrogens is 428 g/mol. The van der Waals surface area contributed by atoms with Gasteiger partial charge in [-0.25, -0.2) is 0 Å². The molecule has 5 N–H and O–H groups in total. The zero-order chi connectivity index (χ0) is 24.9. The van der Waals surface area contributed by atoms with Crippen LogP contribution >= 0.6 is 0 Å². The topological polar surface area (TPSA) is 113 Å². The molecule has 184 valence electrons. The fourth-order valence-electron chi connectivity index (χ4n) is 3.76. The number of nitrogens with two attached hydrogens (primary N) is 1. The SMILES string of the molecule is CC(=O)NC(Cc1ccccc1)C(=O)NC(CCCCN)C(=O)Nc1ccc(CC(C)C)cc1. The van der Waals surface area contributed by atoms with Gasteiger partial charge in [-0.3, -0.25) is 14.4 Å². The van der Waals surface area contributed by atoms with E-state index in [0.29, 0.717) is 37.4 Å². The number of hydrogen-bond donors (Lipinski definition) is 4. The smallest absolute Gasteiger partial charge is 0.246 e. The Morgan fingerprint density at radius 1 is 0.794 bits per heavy atom. The van der Waals surface area contributed by atoms with Gasteiger partial charge in [-0.15, -0.1) is 0 Å². The number of amides is 3. The molecule has 0 bridgehead atoms. The molecule has 0 heterocycles. The third kappa shape index (κ3) is 9.75. The largest absolute Gasteiger partial charge is 0.344 e. The Kier molecular flexibility index (Phi) is 11.3. The van der Waals surface area contributed by atoms with Crippen LogP contribution in [0.1, 0.15) is 51.2 Å². The molecular formula is C27H38N4O3. The highest BCUT2D eigenvalue weighted by Gasteiger charge is 2.26. The number of nitrogens with one attached hydrogen (secondary N) is 3. The van der Waals surface area contributed by atoms with Gasteiger partial charge in [0.05, 0.1) is 0 Å². The minimum atomic E-state index is -0.778. The zero-order valence-electron chi connectivity index (χ0n) is 20.5. The molecule has 0 aliphatic rings. The molecule has 3 amide bonds. The summed E-state index contributed by atoms with van der Waals surface area (Å²) in [6.07, 6.45) is 3.21. The first-order valence-corrected chi connectivity index (χ1v) is 12.0. The van der Waals surface area contributed by atoms with Crippen LogP contribution in [-0.2, 0) is 27.2 Å². The maximum atomic E-state index is 13.1. The molecule has 0 aliphatic heterocycles.